The number of β-amino-alcohol motifs (C(OH)–C–C–N with tert-alkyl or cyclic N) is 1. The Balaban J connectivity index is 1.92. The molecule has 3 atom stereocenters. The lowest BCUT2D eigenvalue weighted by Crippen LogP contribution is -2.48. The fraction of sp³-hybridized carbons (Fsp3) is 0.500. The van der Waals surface area contributed by atoms with Crippen molar-refractivity contribution in [2.24, 2.45) is 11.7 Å². The Labute approximate surface area is 157 Å². The molecule has 4 N–H and O–H groups in total. The summed E-state index contributed by atoms with van der Waals surface area (Å²) in [6.45, 7) is 2.01. The maximum atomic E-state index is 12.5. The maximum absolute atomic E-state index is 12.5. The van der Waals surface area contributed by atoms with Gasteiger partial charge in [0.25, 0.3) is 5.69 Å². The standard InChI is InChI=1S/C18H25N4O5/c1-12(17(19)25)7-8-16(24)20-13-5-4-9-21(11-15(13)23)18(26)14-6-2-3-10-22(14)27/h2-3,6,8,10,12-13,15,23H,4-5,7,9,11H2,1H3,(H2,19,25)(H,20,24)/t12?,13?,15-/m0/s1. The molecule has 9 nitrogen and oxygen atoms in total. The molecule has 0 aromatic carbocycles. The van der Waals surface area contributed by atoms with E-state index in [0.717, 1.165) is 0 Å². The molecule has 27 heavy (non-hydrogen) atoms. The van der Waals surface area contributed by atoms with Crippen molar-refractivity contribution in [2.45, 2.75) is 38.3 Å². The average Bonchev–Trinajstić information content (AvgIpc) is 2.81. The minimum absolute atomic E-state index is 0.0103. The molecular formula is C18H25N4O5. The molecule has 1 aromatic heterocycles. The van der Waals surface area contributed by atoms with Gasteiger partial charge in [0.15, 0.2) is 6.20 Å². The first-order valence-electron chi connectivity index (χ1n) is 8.88. The largest absolute Gasteiger partial charge is 0.618 e. The molecule has 1 aliphatic rings. The zero-order valence-corrected chi connectivity index (χ0v) is 15.2. The third kappa shape index (κ3) is 5.65. The Morgan fingerprint density at radius 2 is 2.22 bits per heavy atom. The zero-order chi connectivity index (χ0) is 20.0. The molecule has 1 saturated heterocycles. The van der Waals surface area contributed by atoms with Crippen molar-refractivity contribution >= 4 is 17.7 Å². The van der Waals surface area contributed by atoms with Crippen LogP contribution in [-0.4, -0.2) is 53.0 Å². The van der Waals surface area contributed by atoms with E-state index in [1.807, 2.05) is 0 Å². The molecule has 1 aliphatic heterocycles. The second-order valence-electron chi connectivity index (χ2n) is 6.73. The van der Waals surface area contributed by atoms with Gasteiger partial charge < -0.3 is 26.3 Å². The van der Waals surface area contributed by atoms with E-state index in [9.17, 15) is 24.7 Å². The van der Waals surface area contributed by atoms with Crippen LogP contribution >= 0.6 is 0 Å². The second kappa shape index (κ2) is 9.31. The lowest BCUT2D eigenvalue weighted by molar-refractivity contribution is -0.608. The number of rotatable bonds is 6. The molecule has 2 rings (SSSR count). The van der Waals surface area contributed by atoms with E-state index in [2.05, 4.69) is 5.32 Å². The van der Waals surface area contributed by atoms with Gasteiger partial charge in [-0.3, -0.25) is 14.4 Å². The number of carbonyl (C=O) groups is 3. The van der Waals surface area contributed by atoms with Gasteiger partial charge in [0.05, 0.1) is 18.6 Å². The number of hydrogen-bond donors (Lipinski definition) is 3. The molecule has 2 unspecified atom stereocenters. The fourth-order valence-corrected chi connectivity index (χ4v) is 2.89. The minimum Gasteiger partial charge on any atom is -0.618 e. The highest BCUT2D eigenvalue weighted by Crippen LogP contribution is 2.14. The molecule has 0 bridgehead atoms. The van der Waals surface area contributed by atoms with Crippen molar-refractivity contribution < 1.29 is 24.2 Å². The van der Waals surface area contributed by atoms with E-state index < -0.39 is 35.8 Å². The van der Waals surface area contributed by atoms with E-state index in [1.165, 1.54) is 29.7 Å². The third-order valence-electron chi connectivity index (χ3n) is 4.62. The highest BCUT2D eigenvalue weighted by atomic mass is 16.5. The SMILES string of the molecule is CC(C[CH]C(=O)NC1CCCN(C(=O)c2cccc[n+]2[O-])C[C@@H]1O)C(N)=O. The number of hydrogen-bond acceptors (Lipinski definition) is 5. The van der Waals surface area contributed by atoms with E-state index in [-0.39, 0.29) is 18.7 Å². The smallest absolute Gasteiger partial charge is 0.320 e. The molecular weight excluding hydrogens is 352 g/mol. The van der Waals surface area contributed by atoms with Gasteiger partial charge in [0, 0.05) is 31.1 Å². The van der Waals surface area contributed by atoms with Crippen LogP contribution in [0.5, 0.6) is 0 Å². The van der Waals surface area contributed by atoms with Crippen molar-refractivity contribution in [3.63, 3.8) is 0 Å². The summed E-state index contributed by atoms with van der Waals surface area (Å²) < 4.78 is 0.494. The number of likely N-dealkylation sites (tertiary alicyclic amines) is 1. The molecule has 0 spiro atoms. The van der Waals surface area contributed by atoms with Gasteiger partial charge in [0.1, 0.15) is 0 Å². The minimum atomic E-state index is -0.967. The van der Waals surface area contributed by atoms with E-state index in [1.54, 1.807) is 13.0 Å². The molecule has 2 heterocycles. The molecule has 147 valence electrons. The second-order valence-corrected chi connectivity index (χ2v) is 6.73. The number of amides is 3. The normalized spacial score (nSPS) is 21.2. The number of carbonyl (C=O) groups excluding carboxylic acids is 3. The van der Waals surface area contributed by atoms with Crippen LogP contribution in [0.25, 0.3) is 0 Å². The third-order valence-corrected chi connectivity index (χ3v) is 4.62. The van der Waals surface area contributed by atoms with Crippen LogP contribution in [0.4, 0.5) is 0 Å². The van der Waals surface area contributed by atoms with Crippen LogP contribution in [0.2, 0.25) is 0 Å². The monoisotopic (exact) mass is 377 g/mol. The quantitative estimate of drug-likeness (QED) is 0.436. The molecule has 3 amide bonds. The summed E-state index contributed by atoms with van der Waals surface area (Å²) in [4.78, 5) is 37.0. The predicted molar refractivity (Wildman–Crippen MR) is 95.8 cm³/mol. The van der Waals surface area contributed by atoms with E-state index in [4.69, 9.17) is 5.73 Å². The summed E-state index contributed by atoms with van der Waals surface area (Å²) in [6.07, 6.45) is 2.88. The van der Waals surface area contributed by atoms with Gasteiger partial charge in [0.2, 0.25) is 11.8 Å². The van der Waals surface area contributed by atoms with Crippen LogP contribution < -0.4 is 15.8 Å². The maximum Gasteiger partial charge on any atom is 0.320 e. The summed E-state index contributed by atoms with van der Waals surface area (Å²) in [6, 6.07) is 4.04. The van der Waals surface area contributed by atoms with Gasteiger partial charge in [-0.15, -0.1) is 0 Å². The summed E-state index contributed by atoms with van der Waals surface area (Å²) >= 11 is 0. The number of nitrogens with two attached hydrogens (primary N) is 1. The number of nitrogens with one attached hydrogen (secondary N) is 1. The Morgan fingerprint density at radius 1 is 1.48 bits per heavy atom. The molecule has 1 fully saturated rings. The van der Waals surface area contributed by atoms with Crippen LogP contribution in [0.1, 0.15) is 36.7 Å². The summed E-state index contributed by atoms with van der Waals surface area (Å²) in [5.74, 6) is -1.79. The first kappa shape index (κ1) is 20.6. The van der Waals surface area contributed by atoms with Gasteiger partial charge in [-0.25, -0.2) is 0 Å². The van der Waals surface area contributed by atoms with Gasteiger partial charge in [-0.05, 0) is 25.3 Å². The fourth-order valence-electron chi connectivity index (χ4n) is 2.89. The Hall–Kier alpha value is -2.68. The Bertz CT molecular complexity index is 696. The number of aromatic nitrogens is 1. The van der Waals surface area contributed by atoms with Crippen molar-refractivity contribution in [3.8, 4) is 0 Å². The zero-order valence-electron chi connectivity index (χ0n) is 15.2. The molecule has 1 aromatic rings. The Morgan fingerprint density at radius 3 is 2.89 bits per heavy atom. The number of aliphatic hydroxyl groups is 1. The summed E-state index contributed by atoms with van der Waals surface area (Å²) in [7, 11) is 0. The van der Waals surface area contributed by atoms with Crippen LogP contribution in [-0.2, 0) is 9.59 Å². The number of aliphatic hydroxyl groups excluding tert-OH is 1. The molecule has 1 radical (unpaired) electrons. The number of primary amides is 1. The lowest BCUT2D eigenvalue weighted by Gasteiger charge is -2.25. The van der Waals surface area contributed by atoms with Crippen molar-refractivity contribution in [2.75, 3.05) is 13.1 Å². The first-order valence-corrected chi connectivity index (χ1v) is 8.88. The van der Waals surface area contributed by atoms with E-state index >= 15 is 0 Å². The van der Waals surface area contributed by atoms with E-state index in [0.29, 0.717) is 24.1 Å². The molecule has 0 aliphatic carbocycles. The highest BCUT2D eigenvalue weighted by Gasteiger charge is 2.31. The number of nitrogens with zero attached hydrogens (tertiary/aromatic N) is 2. The predicted octanol–water partition coefficient (Wildman–Crippen LogP) is -0.883. The van der Waals surface area contributed by atoms with Crippen LogP contribution in [0.3, 0.4) is 0 Å². The lowest BCUT2D eigenvalue weighted by atomic mass is 10.0. The van der Waals surface area contributed by atoms with Crippen LogP contribution in [0, 0.1) is 17.5 Å². The molecule has 0 saturated carbocycles. The average molecular weight is 377 g/mol. The van der Waals surface area contributed by atoms with Gasteiger partial charge in [-0.1, -0.05) is 6.92 Å². The van der Waals surface area contributed by atoms with Gasteiger partial charge in [-0.2, -0.15) is 4.73 Å². The van der Waals surface area contributed by atoms with Gasteiger partial charge >= 0.3 is 5.91 Å². The Kier molecular flexibility index (Phi) is 7.12. The molecule has 9 heteroatoms. The first-order chi connectivity index (χ1) is 12.8. The summed E-state index contributed by atoms with van der Waals surface area (Å²) in [5.41, 5.74) is 5.15. The number of pyridine rings is 1. The topological polar surface area (TPSA) is 140 Å². The van der Waals surface area contributed by atoms with Crippen LogP contribution in [0.15, 0.2) is 24.4 Å². The summed E-state index contributed by atoms with van der Waals surface area (Å²) in [5, 5.41) is 24.9. The van der Waals surface area contributed by atoms with Crippen molar-refractivity contribution in [1.82, 2.24) is 10.2 Å². The van der Waals surface area contributed by atoms with Crippen molar-refractivity contribution in [3.05, 3.63) is 41.7 Å². The van der Waals surface area contributed by atoms with Crippen molar-refractivity contribution in [1.29, 1.82) is 0 Å². The highest BCUT2D eigenvalue weighted by molar-refractivity contribution is 5.91.